The van der Waals surface area contributed by atoms with Crippen molar-refractivity contribution in [1.82, 2.24) is 4.57 Å². The quantitative estimate of drug-likeness (QED) is 0.836. The maximum atomic E-state index is 12.4. The molecule has 1 heterocycles. The minimum absolute atomic E-state index is 0.135. The fraction of sp³-hybridized carbons (Fsp3) is 0.444. The molecule has 3 rings (SSSR count). The van der Waals surface area contributed by atoms with Gasteiger partial charge in [-0.15, -0.1) is 0 Å². The molecule has 1 aliphatic carbocycles. The second-order valence-electron chi connectivity index (χ2n) is 7.41. The first-order chi connectivity index (χ1) is 11.6. The van der Waals surface area contributed by atoms with Gasteiger partial charge in [0.1, 0.15) is 17.4 Å². The summed E-state index contributed by atoms with van der Waals surface area (Å²) < 4.78 is 31.3. The molecule has 0 unspecified atom stereocenters. The fourth-order valence-corrected chi connectivity index (χ4v) is 4.38. The van der Waals surface area contributed by atoms with Crippen LogP contribution in [0.25, 0.3) is 10.8 Å². The van der Waals surface area contributed by atoms with Gasteiger partial charge in [0, 0.05) is 17.0 Å². The predicted molar refractivity (Wildman–Crippen MR) is 93.1 cm³/mol. The molecule has 0 atom stereocenters. The predicted octanol–water partition coefficient (Wildman–Crippen LogP) is 3.48. The van der Waals surface area contributed by atoms with E-state index in [0.29, 0.717) is 10.8 Å². The Balaban J connectivity index is 2.03. The van der Waals surface area contributed by atoms with E-state index in [1.165, 1.54) is 18.3 Å². The van der Waals surface area contributed by atoms with E-state index >= 15 is 0 Å². The number of carbonyl (C=O) groups excluding carboxylic acids is 1. The molecule has 1 aliphatic rings. The maximum Gasteiger partial charge on any atom is 0.419 e. The van der Waals surface area contributed by atoms with Crippen LogP contribution in [0.3, 0.4) is 0 Å². The molecule has 2 aromatic rings. The summed E-state index contributed by atoms with van der Waals surface area (Å²) in [7, 11) is -3.36. The van der Waals surface area contributed by atoms with E-state index in [-0.39, 0.29) is 22.3 Å². The van der Waals surface area contributed by atoms with Crippen molar-refractivity contribution in [2.75, 3.05) is 5.75 Å². The monoisotopic (exact) mass is 360 g/mol. The van der Waals surface area contributed by atoms with Crippen molar-refractivity contribution in [2.45, 2.75) is 44.1 Å². The average molecular weight is 360 g/mol. The Hall–Kier alpha value is -2.33. The van der Waals surface area contributed by atoms with Gasteiger partial charge in [-0.05, 0) is 51.7 Å². The SMILES string of the molecule is CC(C)(C)OC(=O)n1cc2cc(S(=O)(=O)CC3CC3)ccc2c1C#N. The lowest BCUT2D eigenvalue weighted by molar-refractivity contribution is 0.0536. The molecule has 0 bridgehead atoms. The summed E-state index contributed by atoms with van der Waals surface area (Å²) >= 11 is 0. The van der Waals surface area contributed by atoms with Crippen molar-refractivity contribution in [3.8, 4) is 6.07 Å². The molecule has 0 N–H and O–H groups in total. The number of sulfone groups is 1. The van der Waals surface area contributed by atoms with Gasteiger partial charge in [0.05, 0.1) is 10.6 Å². The van der Waals surface area contributed by atoms with E-state index in [1.807, 2.05) is 6.07 Å². The van der Waals surface area contributed by atoms with Gasteiger partial charge in [0.15, 0.2) is 9.84 Å². The van der Waals surface area contributed by atoms with Crippen molar-refractivity contribution in [1.29, 1.82) is 5.26 Å². The molecule has 0 amide bonds. The number of hydrogen-bond acceptors (Lipinski definition) is 5. The molecule has 0 saturated heterocycles. The highest BCUT2D eigenvalue weighted by molar-refractivity contribution is 7.91. The van der Waals surface area contributed by atoms with E-state index < -0.39 is 21.5 Å². The van der Waals surface area contributed by atoms with E-state index in [9.17, 15) is 18.5 Å². The smallest absolute Gasteiger partial charge is 0.419 e. The molecule has 1 aromatic heterocycles. The topological polar surface area (TPSA) is 89.2 Å². The van der Waals surface area contributed by atoms with Gasteiger partial charge < -0.3 is 4.74 Å². The zero-order chi connectivity index (χ0) is 18.4. The second-order valence-corrected chi connectivity index (χ2v) is 9.45. The van der Waals surface area contributed by atoms with Crippen molar-refractivity contribution in [3.05, 3.63) is 30.1 Å². The highest BCUT2D eigenvalue weighted by Crippen LogP contribution is 2.33. The molecule has 0 spiro atoms. The Labute approximate surface area is 146 Å². The second kappa shape index (κ2) is 5.88. The third-order valence-corrected chi connectivity index (χ3v) is 5.88. The summed E-state index contributed by atoms with van der Waals surface area (Å²) in [4.78, 5) is 12.5. The van der Waals surface area contributed by atoms with Crippen LogP contribution in [0.2, 0.25) is 0 Å². The first-order valence-corrected chi connectivity index (χ1v) is 9.77. The molecule has 1 saturated carbocycles. The molecule has 25 heavy (non-hydrogen) atoms. The normalized spacial score (nSPS) is 15.1. The van der Waals surface area contributed by atoms with Crippen molar-refractivity contribution < 1.29 is 17.9 Å². The standard InChI is InChI=1S/C18H20N2O4S/c1-18(2,3)24-17(21)20-10-13-8-14(6-7-15(13)16(20)9-19)25(22,23)11-12-4-5-12/h6-8,10,12H,4-5,11H2,1-3H3. The molecular formula is C18H20N2O4S. The summed E-state index contributed by atoms with van der Waals surface area (Å²) in [6.45, 7) is 5.22. The Bertz CT molecular complexity index is 986. The molecular weight excluding hydrogens is 340 g/mol. The van der Waals surface area contributed by atoms with Crippen LogP contribution in [0.4, 0.5) is 4.79 Å². The van der Waals surface area contributed by atoms with Crippen molar-refractivity contribution in [3.63, 3.8) is 0 Å². The van der Waals surface area contributed by atoms with Crippen LogP contribution in [0.1, 0.15) is 39.3 Å². The van der Waals surface area contributed by atoms with Gasteiger partial charge in [-0.2, -0.15) is 5.26 Å². The third-order valence-electron chi connectivity index (χ3n) is 3.99. The fourth-order valence-electron chi connectivity index (χ4n) is 2.65. The average Bonchev–Trinajstić information content (AvgIpc) is 3.21. The summed E-state index contributed by atoms with van der Waals surface area (Å²) in [5.41, 5.74) is -0.561. The lowest BCUT2D eigenvalue weighted by Gasteiger charge is -2.19. The summed E-state index contributed by atoms with van der Waals surface area (Å²) in [6, 6.07) is 6.60. The first-order valence-electron chi connectivity index (χ1n) is 8.12. The van der Waals surface area contributed by atoms with E-state index in [1.54, 1.807) is 26.8 Å². The molecule has 132 valence electrons. The number of carbonyl (C=O) groups is 1. The Morgan fingerprint density at radius 1 is 1.36 bits per heavy atom. The lowest BCUT2D eigenvalue weighted by Crippen LogP contribution is -2.27. The summed E-state index contributed by atoms with van der Waals surface area (Å²) in [5.74, 6) is 0.401. The van der Waals surface area contributed by atoms with Gasteiger partial charge in [0.2, 0.25) is 0 Å². The highest BCUT2D eigenvalue weighted by Gasteiger charge is 2.29. The zero-order valence-electron chi connectivity index (χ0n) is 14.4. The molecule has 7 heteroatoms. The first kappa shape index (κ1) is 17.5. The lowest BCUT2D eigenvalue weighted by atomic mass is 10.2. The van der Waals surface area contributed by atoms with Crippen LogP contribution < -0.4 is 0 Å². The van der Waals surface area contributed by atoms with Gasteiger partial charge in [-0.1, -0.05) is 6.07 Å². The van der Waals surface area contributed by atoms with Crippen LogP contribution in [0.5, 0.6) is 0 Å². The number of rotatable bonds is 3. The number of aromatic nitrogens is 1. The van der Waals surface area contributed by atoms with E-state index in [0.717, 1.165) is 17.4 Å². The van der Waals surface area contributed by atoms with Crippen LogP contribution in [-0.4, -0.2) is 30.4 Å². The Kier molecular flexibility index (Phi) is 4.12. The minimum atomic E-state index is -3.36. The van der Waals surface area contributed by atoms with Gasteiger partial charge in [-0.25, -0.2) is 17.8 Å². The maximum absolute atomic E-state index is 12.4. The molecule has 0 aliphatic heterocycles. The van der Waals surface area contributed by atoms with Crippen LogP contribution in [0, 0.1) is 17.2 Å². The zero-order valence-corrected chi connectivity index (χ0v) is 15.3. The van der Waals surface area contributed by atoms with Crippen LogP contribution >= 0.6 is 0 Å². The number of benzene rings is 1. The highest BCUT2D eigenvalue weighted by atomic mass is 32.2. The van der Waals surface area contributed by atoms with Crippen molar-refractivity contribution >= 4 is 26.7 Å². The van der Waals surface area contributed by atoms with Crippen LogP contribution in [-0.2, 0) is 14.6 Å². The Morgan fingerprint density at radius 2 is 2.04 bits per heavy atom. The number of nitriles is 1. The molecule has 6 nitrogen and oxygen atoms in total. The van der Waals surface area contributed by atoms with E-state index in [4.69, 9.17) is 4.74 Å². The molecule has 0 radical (unpaired) electrons. The number of fused-ring (bicyclic) bond motifs is 1. The number of hydrogen-bond donors (Lipinski definition) is 0. The van der Waals surface area contributed by atoms with E-state index in [2.05, 4.69) is 0 Å². The number of ether oxygens (including phenoxy) is 1. The van der Waals surface area contributed by atoms with Crippen molar-refractivity contribution in [2.24, 2.45) is 5.92 Å². The number of nitrogens with zero attached hydrogens (tertiary/aromatic N) is 2. The Morgan fingerprint density at radius 3 is 2.60 bits per heavy atom. The third kappa shape index (κ3) is 3.69. The van der Waals surface area contributed by atoms with Gasteiger partial charge in [-0.3, -0.25) is 0 Å². The molecule has 1 fully saturated rings. The molecule has 1 aromatic carbocycles. The summed E-state index contributed by atoms with van der Waals surface area (Å²) in [6.07, 6.45) is 2.70. The van der Waals surface area contributed by atoms with Crippen LogP contribution in [0.15, 0.2) is 29.3 Å². The largest absolute Gasteiger partial charge is 0.443 e. The van der Waals surface area contributed by atoms with Gasteiger partial charge in [0.25, 0.3) is 0 Å². The minimum Gasteiger partial charge on any atom is -0.443 e. The van der Waals surface area contributed by atoms with Gasteiger partial charge >= 0.3 is 6.09 Å². The summed E-state index contributed by atoms with van der Waals surface area (Å²) in [5, 5.41) is 10.5.